The van der Waals surface area contributed by atoms with Gasteiger partial charge in [0.05, 0.1) is 18.2 Å². The highest BCUT2D eigenvalue weighted by atomic mass is 16.5. The lowest BCUT2D eigenvalue weighted by atomic mass is 9.95. The lowest BCUT2D eigenvalue weighted by molar-refractivity contribution is -0.139. The van der Waals surface area contributed by atoms with E-state index >= 15 is 0 Å². The van der Waals surface area contributed by atoms with Gasteiger partial charge in [-0.2, -0.15) is 0 Å². The van der Waals surface area contributed by atoms with E-state index in [0.717, 1.165) is 5.56 Å². The van der Waals surface area contributed by atoms with Crippen LogP contribution in [0.25, 0.3) is 0 Å². The number of amides is 2. The Kier molecular flexibility index (Phi) is 4.70. The van der Waals surface area contributed by atoms with Crippen molar-refractivity contribution in [3.8, 4) is 0 Å². The number of hydrogen-bond donors (Lipinski definition) is 2. The van der Waals surface area contributed by atoms with E-state index in [1.807, 2.05) is 6.92 Å². The van der Waals surface area contributed by atoms with Gasteiger partial charge in [-0.05, 0) is 38.5 Å². The van der Waals surface area contributed by atoms with E-state index < -0.39 is 12.0 Å². The second kappa shape index (κ2) is 6.51. The number of rotatable bonds is 4. The van der Waals surface area contributed by atoms with Crippen molar-refractivity contribution in [1.82, 2.24) is 10.2 Å². The molecular weight excluding hydrogens is 282 g/mol. The third-order valence-corrected chi connectivity index (χ3v) is 3.68. The number of allylic oxidation sites excluding steroid dienone is 1. The molecule has 6 heteroatoms. The lowest BCUT2D eigenvalue weighted by Gasteiger charge is -2.34. The molecule has 6 nitrogen and oxygen atoms in total. The summed E-state index contributed by atoms with van der Waals surface area (Å²) >= 11 is 0. The van der Waals surface area contributed by atoms with Crippen LogP contribution in [0.3, 0.4) is 0 Å². The fourth-order valence-electron chi connectivity index (χ4n) is 2.57. The molecule has 0 unspecified atom stereocenters. The van der Waals surface area contributed by atoms with Crippen LogP contribution in [-0.4, -0.2) is 30.1 Å². The first-order valence-corrected chi connectivity index (χ1v) is 7.30. The summed E-state index contributed by atoms with van der Waals surface area (Å²) in [6.45, 7) is 6.14. The predicted molar refractivity (Wildman–Crippen MR) is 83.8 cm³/mol. The molecular formula is C16H21N3O3. The normalized spacial score (nSPS) is 18.2. The van der Waals surface area contributed by atoms with Crippen molar-refractivity contribution in [1.29, 1.82) is 0 Å². The van der Waals surface area contributed by atoms with Crippen molar-refractivity contribution in [3.05, 3.63) is 41.1 Å². The second-order valence-corrected chi connectivity index (χ2v) is 5.01. The Hall–Kier alpha value is -2.50. The molecule has 0 saturated heterocycles. The van der Waals surface area contributed by atoms with Crippen molar-refractivity contribution in [3.63, 3.8) is 0 Å². The number of nitrogens with one attached hydrogen (secondary N) is 1. The smallest absolute Gasteiger partial charge is 0.338 e. The van der Waals surface area contributed by atoms with Gasteiger partial charge in [0, 0.05) is 17.9 Å². The van der Waals surface area contributed by atoms with Gasteiger partial charge in [-0.15, -0.1) is 0 Å². The number of carbonyl (C=O) groups is 2. The molecule has 118 valence electrons. The number of nitrogens with zero attached hydrogens (tertiary/aromatic N) is 1. The predicted octanol–water partition coefficient (Wildman–Crippen LogP) is 2.19. The zero-order chi connectivity index (χ0) is 16.3. The number of carbonyl (C=O) groups excluding carboxylic acids is 2. The summed E-state index contributed by atoms with van der Waals surface area (Å²) in [7, 11) is 0. The van der Waals surface area contributed by atoms with Crippen LogP contribution in [0.4, 0.5) is 10.5 Å². The third kappa shape index (κ3) is 2.90. The summed E-state index contributed by atoms with van der Waals surface area (Å²) < 4.78 is 5.16. The molecule has 0 radical (unpaired) electrons. The van der Waals surface area contributed by atoms with Gasteiger partial charge >= 0.3 is 12.0 Å². The zero-order valence-electron chi connectivity index (χ0n) is 13.1. The Balaban J connectivity index is 2.50. The molecule has 1 aliphatic heterocycles. The standard InChI is InChI=1S/C16H21N3O3/c1-4-19-10(3)13(15(20)22-5-2)14(18-16(19)21)11-6-8-12(17)9-7-11/h6-9,14H,4-5,17H2,1-3H3,(H,18,21)/t14-/m0/s1. The van der Waals surface area contributed by atoms with Gasteiger partial charge in [0.15, 0.2) is 0 Å². The Morgan fingerprint density at radius 2 is 1.95 bits per heavy atom. The van der Waals surface area contributed by atoms with Crippen molar-refractivity contribution in [2.24, 2.45) is 0 Å². The van der Waals surface area contributed by atoms with E-state index in [9.17, 15) is 9.59 Å². The topological polar surface area (TPSA) is 84.7 Å². The number of hydrogen-bond acceptors (Lipinski definition) is 4. The lowest BCUT2D eigenvalue weighted by Crippen LogP contribution is -2.47. The number of nitrogens with two attached hydrogens (primary N) is 1. The maximum atomic E-state index is 12.3. The van der Waals surface area contributed by atoms with Crippen molar-refractivity contribution in [2.45, 2.75) is 26.8 Å². The van der Waals surface area contributed by atoms with E-state index in [1.165, 1.54) is 4.90 Å². The minimum Gasteiger partial charge on any atom is -0.463 e. The highest BCUT2D eigenvalue weighted by Gasteiger charge is 2.35. The number of ether oxygens (including phenoxy) is 1. The third-order valence-electron chi connectivity index (χ3n) is 3.68. The molecule has 2 amide bonds. The number of esters is 1. The highest BCUT2D eigenvalue weighted by Crippen LogP contribution is 2.31. The molecule has 0 bridgehead atoms. The van der Waals surface area contributed by atoms with Gasteiger partial charge in [0.2, 0.25) is 0 Å². The monoisotopic (exact) mass is 303 g/mol. The van der Waals surface area contributed by atoms with Crippen LogP contribution in [0.2, 0.25) is 0 Å². The van der Waals surface area contributed by atoms with Crippen LogP contribution in [0.1, 0.15) is 32.4 Å². The molecule has 3 N–H and O–H groups in total. The fraction of sp³-hybridized carbons (Fsp3) is 0.375. The van der Waals surface area contributed by atoms with E-state index in [0.29, 0.717) is 23.5 Å². The molecule has 1 heterocycles. The van der Waals surface area contributed by atoms with Crippen molar-refractivity contribution < 1.29 is 14.3 Å². The summed E-state index contributed by atoms with van der Waals surface area (Å²) in [5, 5.41) is 2.86. The van der Waals surface area contributed by atoms with Gasteiger partial charge in [-0.3, -0.25) is 4.90 Å². The molecule has 0 spiro atoms. The van der Waals surface area contributed by atoms with Crippen LogP contribution in [0, 0.1) is 0 Å². The maximum Gasteiger partial charge on any atom is 0.338 e. The Bertz CT molecular complexity index is 608. The summed E-state index contributed by atoms with van der Waals surface area (Å²) in [4.78, 5) is 26.1. The minimum atomic E-state index is -0.532. The van der Waals surface area contributed by atoms with E-state index in [-0.39, 0.29) is 12.6 Å². The van der Waals surface area contributed by atoms with E-state index in [4.69, 9.17) is 10.5 Å². The summed E-state index contributed by atoms with van der Waals surface area (Å²) in [6, 6.07) is 6.32. The molecule has 0 saturated carbocycles. The number of nitrogen functional groups attached to an aromatic ring is 1. The molecule has 22 heavy (non-hydrogen) atoms. The van der Waals surface area contributed by atoms with E-state index in [1.54, 1.807) is 38.1 Å². The van der Waals surface area contributed by atoms with Gasteiger partial charge in [0.1, 0.15) is 0 Å². The first-order chi connectivity index (χ1) is 10.5. The molecule has 1 atom stereocenters. The average molecular weight is 303 g/mol. The average Bonchev–Trinajstić information content (AvgIpc) is 2.48. The molecule has 1 aliphatic rings. The molecule has 1 aromatic carbocycles. The highest BCUT2D eigenvalue weighted by molar-refractivity contribution is 5.95. The quantitative estimate of drug-likeness (QED) is 0.659. The van der Waals surface area contributed by atoms with Crippen LogP contribution < -0.4 is 11.1 Å². The molecule has 1 aromatic rings. The molecule has 0 aromatic heterocycles. The van der Waals surface area contributed by atoms with Gasteiger partial charge in [-0.1, -0.05) is 12.1 Å². The summed E-state index contributed by atoms with van der Waals surface area (Å²) in [6.07, 6.45) is 0. The molecule has 2 rings (SSSR count). The fourth-order valence-corrected chi connectivity index (χ4v) is 2.57. The first kappa shape index (κ1) is 15.9. The van der Waals surface area contributed by atoms with Crippen LogP contribution in [-0.2, 0) is 9.53 Å². The minimum absolute atomic E-state index is 0.227. The Morgan fingerprint density at radius 3 is 2.50 bits per heavy atom. The van der Waals surface area contributed by atoms with Gasteiger partial charge in [0.25, 0.3) is 0 Å². The second-order valence-electron chi connectivity index (χ2n) is 5.01. The van der Waals surface area contributed by atoms with Crippen LogP contribution in [0.15, 0.2) is 35.5 Å². The zero-order valence-corrected chi connectivity index (χ0v) is 13.1. The Labute approximate surface area is 129 Å². The molecule has 0 fully saturated rings. The summed E-state index contributed by atoms with van der Waals surface area (Å²) in [5.41, 5.74) is 8.18. The summed E-state index contributed by atoms with van der Waals surface area (Å²) in [5.74, 6) is -0.416. The number of anilines is 1. The SMILES string of the molecule is CCOC(=O)C1=C(C)N(CC)C(=O)N[C@H]1c1ccc(N)cc1. The Morgan fingerprint density at radius 1 is 1.32 bits per heavy atom. The first-order valence-electron chi connectivity index (χ1n) is 7.30. The largest absolute Gasteiger partial charge is 0.463 e. The van der Waals surface area contributed by atoms with Crippen molar-refractivity contribution in [2.75, 3.05) is 18.9 Å². The number of urea groups is 1. The van der Waals surface area contributed by atoms with Crippen LogP contribution >= 0.6 is 0 Å². The van der Waals surface area contributed by atoms with E-state index in [2.05, 4.69) is 5.32 Å². The molecule has 0 aliphatic carbocycles. The van der Waals surface area contributed by atoms with Gasteiger partial charge in [-0.25, -0.2) is 9.59 Å². The van der Waals surface area contributed by atoms with Crippen molar-refractivity contribution >= 4 is 17.7 Å². The number of benzene rings is 1. The maximum absolute atomic E-state index is 12.3. The van der Waals surface area contributed by atoms with Crippen LogP contribution in [0.5, 0.6) is 0 Å². The van der Waals surface area contributed by atoms with Gasteiger partial charge < -0.3 is 15.8 Å².